The van der Waals surface area contributed by atoms with Crippen molar-refractivity contribution in [1.29, 1.82) is 0 Å². The van der Waals surface area contributed by atoms with Gasteiger partial charge >= 0.3 is 0 Å². The van der Waals surface area contributed by atoms with Crippen LogP contribution in [0.3, 0.4) is 0 Å². The number of hydrogen-bond acceptors (Lipinski definition) is 3. The van der Waals surface area contributed by atoms with Gasteiger partial charge in [0.25, 0.3) is 0 Å². The minimum Gasteiger partial charge on any atom is -0.335 e. The molecular weight excluding hydrogens is 226 g/mol. The maximum atomic E-state index is 12.5. The Morgan fingerprint density at radius 2 is 2.11 bits per heavy atom. The Kier molecular flexibility index (Phi) is 3.28. The fourth-order valence-electron chi connectivity index (χ4n) is 2.56. The maximum Gasteiger partial charge on any atom is 0.227 e. The lowest BCUT2D eigenvalue weighted by Gasteiger charge is -2.25. The number of nitrogens with one attached hydrogen (secondary N) is 1. The smallest absolute Gasteiger partial charge is 0.227 e. The molecule has 2 aliphatic rings. The molecule has 2 fully saturated rings. The fraction of sp³-hybridized carbons (Fsp3) is 0.571. The van der Waals surface area contributed by atoms with E-state index in [-0.39, 0.29) is 5.92 Å². The molecule has 1 N–H and O–H groups in total. The van der Waals surface area contributed by atoms with Crippen molar-refractivity contribution in [2.24, 2.45) is 5.92 Å². The Labute approximate surface area is 107 Å². The number of hydrogen-bond donors (Lipinski definition) is 1. The zero-order valence-electron chi connectivity index (χ0n) is 10.5. The molecule has 96 valence electrons. The molecule has 1 aliphatic carbocycles. The molecule has 1 aromatic rings. The van der Waals surface area contributed by atoms with Crippen molar-refractivity contribution in [1.82, 2.24) is 15.2 Å². The Bertz CT molecular complexity index is 410. The number of carbonyl (C=O) groups is 1. The van der Waals surface area contributed by atoms with Crippen LogP contribution in [0.25, 0.3) is 0 Å². The summed E-state index contributed by atoms with van der Waals surface area (Å²) in [5, 5.41) is 3.27. The first-order valence-corrected chi connectivity index (χ1v) is 6.74. The number of carbonyl (C=O) groups excluding carboxylic acids is 1. The molecule has 1 aromatic heterocycles. The summed E-state index contributed by atoms with van der Waals surface area (Å²) >= 11 is 0. The third-order valence-corrected chi connectivity index (χ3v) is 3.78. The molecule has 3 rings (SSSR count). The second kappa shape index (κ2) is 5.06. The highest BCUT2D eigenvalue weighted by atomic mass is 16.2. The molecule has 0 aromatic carbocycles. The number of nitrogens with zero attached hydrogens (tertiary/aromatic N) is 2. The summed E-state index contributed by atoms with van der Waals surface area (Å²) in [6, 6.07) is 4.47. The highest BCUT2D eigenvalue weighted by Crippen LogP contribution is 2.30. The molecule has 1 saturated carbocycles. The van der Waals surface area contributed by atoms with E-state index >= 15 is 0 Å². The molecule has 1 amide bonds. The van der Waals surface area contributed by atoms with Gasteiger partial charge in [0.05, 0.1) is 5.92 Å². The number of rotatable bonds is 4. The summed E-state index contributed by atoms with van der Waals surface area (Å²) in [7, 11) is 0. The highest BCUT2D eigenvalue weighted by molar-refractivity contribution is 5.80. The van der Waals surface area contributed by atoms with E-state index in [1.807, 2.05) is 12.1 Å². The number of aromatic nitrogens is 1. The van der Waals surface area contributed by atoms with Crippen molar-refractivity contribution in [2.45, 2.75) is 31.8 Å². The van der Waals surface area contributed by atoms with Gasteiger partial charge in [0.1, 0.15) is 0 Å². The standard InChI is InChI=1S/C14H19N3O/c18-14(12-5-8-16-9-12)17(13-1-2-13)10-11-3-6-15-7-4-11/h3-4,6-7,12-13,16H,1-2,5,8-10H2. The maximum absolute atomic E-state index is 12.5. The Morgan fingerprint density at radius 3 is 2.72 bits per heavy atom. The zero-order chi connectivity index (χ0) is 12.4. The molecule has 1 unspecified atom stereocenters. The molecule has 18 heavy (non-hydrogen) atoms. The van der Waals surface area contributed by atoms with E-state index in [2.05, 4.69) is 15.2 Å². The molecule has 1 atom stereocenters. The van der Waals surface area contributed by atoms with Gasteiger partial charge in [-0.1, -0.05) is 0 Å². The van der Waals surface area contributed by atoms with E-state index < -0.39 is 0 Å². The molecular formula is C14H19N3O. The van der Waals surface area contributed by atoms with Crippen LogP contribution in [0.4, 0.5) is 0 Å². The number of amides is 1. The van der Waals surface area contributed by atoms with Crippen LogP contribution in [0.2, 0.25) is 0 Å². The van der Waals surface area contributed by atoms with Gasteiger partial charge in [-0.2, -0.15) is 0 Å². The lowest BCUT2D eigenvalue weighted by atomic mass is 10.1. The minimum absolute atomic E-state index is 0.187. The van der Waals surface area contributed by atoms with E-state index in [0.717, 1.165) is 38.9 Å². The molecule has 1 aliphatic heterocycles. The SMILES string of the molecule is O=C(C1CCNC1)N(Cc1ccncc1)C1CC1. The van der Waals surface area contributed by atoms with Crippen molar-refractivity contribution >= 4 is 5.91 Å². The van der Waals surface area contributed by atoms with Gasteiger partial charge in [-0.25, -0.2) is 0 Å². The van der Waals surface area contributed by atoms with Gasteiger partial charge in [-0.05, 0) is 43.5 Å². The lowest BCUT2D eigenvalue weighted by Crippen LogP contribution is -2.38. The number of pyridine rings is 1. The highest BCUT2D eigenvalue weighted by Gasteiger charge is 2.36. The van der Waals surface area contributed by atoms with Crippen molar-refractivity contribution in [2.75, 3.05) is 13.1 Å². The van der Waals surface area contributed by atoms with E-state index in [9.17, 15) is 4.79 Å². The Balaban J connectivity index is 1.70. The van der Waals surface area contributed by atoms with Crippen LogP contribution >= 0.6 is 0 Å². The quantitative estimate of drug-likeness (QED) is 0.866. The first-order chi connectivity index (χ1) is 8.84. The molecule has 1 saturated heterocycles. The van der Waals surface area contributed by atoms with Crippen LogP contribution < -0.4 is 5.32 Å². The predicted molar refractivity (Wildman–Crippen MR) is 68.8 cm³/mol. The molecule has 0 radical (unpaired) electrons. The Morgan fingerprint density at radius 1 is 1.33 bits per heavy atom. The third-order valence-electron chi connectivity index (χ3n) is 3.78. The van der Waals surface area contributed by atoms with Crippen LogP contribution in [-0.4, -0.2) is 34.9 Å². The molecule has 0 bridgehead atoms. The third kappa shape index (κ3) is 2.53. The lowest BCUT2D eigenvalue weighted by molar-refractivity contribution is -0.136. The van der Waals surface area contributed by atoms with Gasteiger partial charge in [0, 0.05) is 31.5 Å². The van der Waals surface area contributed by atoms with Gasteiger partial charge < -0.3 is 10.2 Å². The van der Waals surface area contributed by atoms with Crippen molar-refractivity contribution < 1.29 is 4.79 Å². The monoisotopic (exact) mass is 245 g/mol. The van der Waals surface area contributed by atoms with Crippen molar-refractivity contribution in [3.05, 3.63) is 30.1 Å². The van der Waals surface area contributed by atoms with Crippen LogP contribution in [0.15, 0.2) is 24.5 Å². The van der Waals surface area contributed by atoms with Crippen LogP contribution in [0.5, 0.6) is 0 Å². The summed E-state index contributed by atoms with van der Waals surface area (Å²) < 4.78 is 0. The first kappa shape index (κ1) is 11.7. The fourth-order valence-corrected chi connectivity index (χ4v) is 2.56. The Hall–Kier alpha value is -1.42. The van der Waals surface area contributed by atoms with Gasteiger partial charge in [-0.3, -0.25) is 9.78 Å². The predicted octanol–water partition coefficient (Wildman–Crippen LogP) is 1.18. The molecule has 2 heterocycles. The van der Waals surface area contributed by atoms with E-state index in [4.69, 9.17) is 0 Å². The second-order valence-electron chi connectivity index (χ2n) is 5.24. The molecule has 0 spiro atoms. The van der Waals surface area contributed by atoms with Gasteiger partial charge in [0.2, 0.25) is 5.91 Å². The van der Waals surface area contributed by atoms with E-state index in [1.54, 1.807) is 12.4 Å². The molecule has 4 heteroatoms. The summed E-state index contributed by atoms with van der Waals surface area (Å²) in [4.78, 5) is 18.6. The molecule has 4 nitrogen and oxygen atoms in total. The summed E-state index contributed by atoms with van der Waals surface area (Å²) in [6.07, 6.45) is 6.90. The van der Waals surface area contributed by atoms with Crippen LogP contribution in [0, 0.1) is 5.92 Å². The average molecular weight is 245 g/mol. The van der Waals surface area contributed by atoms with Crippen LogP contribution in [0.1, 0.15) is 24.8 Å². The average Bonchev–Trinajstić information content (AvgIpc) is 3.10. The van der Waals surface area contributed by atoms with Crippen molar-refractivity contribution in [3.8, 4) is 0 Å². The van der Waals surface area contributed by atoms with E-state index in [0.29, 0.717) is 11.9 Å². The van der Waals surface area contributed by atoms with Crippen molar-refractivity contribution in [3.63, 3.8) is 0 Å². The topological polar surface area (TPSA) is 45.2 Å². The minimum atomic E-state index is 0.187. The second-order valence-corrected chi connectivity index (χ2v) is 5.24. The summed E-state index contributed by atoms with van der Waals surface area (Å²) in [5.74, 6) is 0.520. The van der Waals surface area contributed by atoms with E-state index in [1.165, 1.54) is 5.56 Å². The summed E-state index contributed by atoms with van der Waals surface area (Å²) in [6.45, 7) is 2.56. The first-order valence-electron chi connectivity index (χ1n) is 6.74. The van der Waals surface area contributed by atoms with Crippen LogP contribution in [-0.2, 0) is 11.3 Å². The van der Waals surface area contributed by atoms with Gasteiger partial charge in [0.15, 0.2) is 0 Å². The largest absolute Gasteiger partial charge is 0.335 e. The summed E-state index contributed by atoms with van der Waals surface area (Å²) in [5.41, 5.74) is 1.18. The normalized spacial score (nSPS) is 23.0. The zero-order valence-corrected chi connectivity index (χ0v) is 10.5. The van der Waals surface area contributed by atoms with Gasteiger partial charge in [-0.15, -0.1) is 0 Å².